The summed E-state index contributed by atoms with van der Waals surface area (Å²) in [6, 6.07) is 0. The molecule has 0 aromatic rings. The first-order valence-corrected chi connectivity index (χ1v) is 3.44. The third-order valence-corrected chi connectivity index (χ3v) is 0.985. The van der Waals surface area contributed by atoms with Crippen molar-refractivity contribution < 1.29 is 24.9 Å². The molecule has 0 aromatic carbocycles. The van der Waals surface area contributed by atoms with E-state index in [2.05, 4.69) is 0 Å². The highest BCUT2D eigenvalue weighted by Gasteiger charge is 1.98. The fourth-order valence-corrected chi connectivity index (χ4v) is 0.518. The van der Waals surface area contributed by atoms with Gasteiger partial charge in [-0.1, -0.05) is 0 Å². The van der Waals surface area contributed by atoms with Crippen LogP contribution in [0.1, 0.15) is 0 Å². The molecule has 0 saturated heterocycles. The Bertz CT molecular complexity index is 154. The van der Waals surface area contributed by atoms with Gasteiger partial charge in [0.1, 0.15) is 0 Å². The quantitative estimate of drug-likeness (QED) is 0.357. The lowest BCUT2D eigenvalue weighted by atomic mass is 10.3. The van der Waals surface area contributed by atoms with E-state index in [1.54, 1.807) is 0 Å². The lowest BCUT2D eigenvalue weighted by Gasteiger charge is -2.04. The summed E-state index contributed by atoms with van der Waals surface area (Å²) >= 11 is 0. The molecular weight excluding hydrogens is 164 g/mol. The maximum atomic E-state index is 9.95. The maximum absolute atomic E-state index is 9.95. The number of carbonyl (C=O) groups is 1. The molecule has 1 atom stereocenters. The number of aliphatic hydroxyl groups excluding tert-OH is 2. The molecule has 5 nitrogen and oxygen atoms in total. The molecule has 0 radical (unpaired) electrons. The van der Waals surface area contributed by atoms with Crippen molar-refractivity contribution in [2.45, 2.75) is 6.10 Å². The van der Waals surface area contributed by atoms with Crippen LogP contribution in [0.2, 0.25) is 0 Å². The summed E-state index contributed by atoms with van der Waals surface area (Å²) < 4.78 is 4.73. The lowest BCUT2D eigenvalue weighted by molar-refractivity contribution is -0.131. The molecule has 3 N–H and O–H groups in total. The summed E-state index contributed by atoms with van der Waals surface area (Å²) in [7, 11) is 0. The predicted octanol–water partition coefficient (Wildman–Crippen LogP) is -1.00. The summed E-state index contributed by atoms with van der Waals surface area (Å²) in [5.74, 6) is -1.11. The van der Waals surface area contributed by atoms with Gasteiger partial charge in [0.05, 0.1) is 25.9 Å². The predicted molar refractivity (Wildman–Crippen MR) is 40.7 cm³/mol. The average molecular weight is 176 g/mol. The minimum atomic E-state index is -1.11. The molecule has 0 bridgehead atoms. The highest BCUT2D eigenvalue weighted by atomic mass is 16.5. The highest BCUT2D eigenvalue weighted by molar-refractivity contribution is 5.79. The van der Waals surface area contributed by atoms with Gasteiger partial charge < -0.3 is 20.1 Å². The van der Waals surface area contributed by atoms with E-state index in [1.807, 2.05) is 0 Å². The number of aliphatic carboxylic acids is 1. The Kier molecular flexibility index (Phi) is 6.26. The van der Waals surface area contributed by atoms with Crippen LogP contribution in [0.25, 0.3) is 0 Å². The molecule has 0 aliphatic rings. The van der Waals surface area contributed by atoms with Crippen LogP contribution in [-0.4, -0.2) is 47.2 Å². The molecular formula is C7H12O5. The van der Waals surface area contributed by atoms with Crippen molar-refractivity contribution in [2.75, 3.05) is 19.8 Å². The smallest absolute Gasteiger partial charge is 0.328 e. The van der Waals surface area contributed by atoms with E-state index in [-0.39, 0.29) is 19.8 Å². The summed E-state index contributed by atoms with van der Waals surface area (Å²) in [6.45, 7) is 0.0116. The van der Waals surface area contributed by atoms with Gasteiger partial charge in [-0.05, 0) is 6.08 Å². The zero-order chi connectivity index (χ0) is 9.40. The van der Waals surface area contributed by atoms with E-state index in [1.165, 1.54) is 0 Å². The zero-order valence-electron chi connectivity index (χ0n) is 6.51. The van der Waals surface area contributed by atoms with Crippen LogP contribution in [0.3, 0.4) is 0 Å². The van der Waals surface area contributed by atoms with Crippen molar-refractivity contribution in [1.29, 1.82) is 0 Å². The van der Waals surface area contributed by atoms with Gasteiger partial charge in [-0.3, -0.25) is 0 Å². The molecule has 70 valence electrons. The van der Waals surface area contributed by atoms with Crippen LogP contribution >= 0.6 is 0 Å². The van der Waals surface area contributed by atoms with Crippen LogP contribution < -0.4 is 0 Å². The normalized spacial score (nSPS) is 13.5. The van der Waals surface area contributed by atoms with Crippen LogP contribution in [0, 0.1) is 0 Å². The van der Waals surface area contributed by atoms with E-state index in [0.29, 0.717) is 0 Å². The second-order valence-corrected chi connectivity index (χ2v) is 2.06. The lowest BCUT2D eigenvalue weighted by Crippen LogP contribution is -2.14. The van der Waals surface area contributed by atoms with Gasteiger partial charge in [0.15, 0.2) is 0 Å². The van der Waals surface area contributed by atoms with Crippen molar-refractivity contribution in [1.82, 2.24) is 0 Å². The van der Waals surface area contributed by atoms with E-state index in [0.717, 1.165) is 12.2 Å². The van der Waals surface area contributed by atoms with Gasteiger partial charge in [-0.2, -0.15) is 0 Å². The van der Waals surface area contributed by atoms with Crippen LogP contribution in [0.15, 0.2) is 12.2 Å². The first-order valence-electron chi connectivity index (χ1n) is 3.44. The average Bonchev–Trinajstić information content (AvgIpc) is 2.01. The summed E-state index contributed by atoms with van der Waals surface area (Å²) in [6.07, 6.45) is 1.01. The van der Waals surface area contributed by atoms with E-state index >= 15 is 0 Å². The van der Waals surface area contributed by atoms with Crippen molar-refractivity contribution >= 4 is 5.97 Å². The zero-order valence-corrected chi connectivity index (χ0v) is 6.51. The number of carboxylic acid groups (broad SMARTS) is 1. The van der Waals surface area contributed by atoms with Gasteiger partial charge in [-0.15, -0.1) is 0 Å². The Labute approximate surface area is 69.9 Å². The molecule has 5 heteroatoms. The van der Waals surface area contributed by atoms with Gasteiger partial charge in [-0.25, -0.2) is 4.79 Å². The summed E-state index contributed by atoms with van der Waals surface area (Å²) in [5.41, 5.74) is 0. The van der Waals surface area contributed by atoms with Crippen LogP contribution in [0.5, 0.6) is 0 Å². The Morgan fingerprint density at radius 1 is 1.58 bits per heavy atom. The maximum Gasteiger partial charge on any atom is 0.328 e. The second-order valence-electron chi connectivity index (χ2n) is 2.06. The van der Waals surface area contributed by atoms with Crippen molar-refractivity contribution in [3.05, 3.63) is 12.2 Å². The number of hydrogen-bond acceptors (Lipinski definition) is 4. The molecule has 0 aromatic heterocycles. The van der Waals surface area contributed by atoms with Gasteiger partial charge >= 0.3 is 5.97 Å². The standard InChI is InChI=1S/C7H12O5/c8-3-4-12-5-6(9)1-2-7(10)11/h1-2,6,8-9H,3-5H2,(H,10,11). The SMILES string of the molecule is O=C(O)C=CC(O)COCCO. The van der Waals surface area contributed by atoms with Crippen LogP contribution in [0.4, 0.5) is 0 Å². The third-order valence-electron chi connectivity index (χ3n) is 0.985. The third kappa shape index (κ3) is 7.20. The van der Waals surface area contributed by atoms with E-state index in [4.69, 9.17) is 20.1 Å². The molecule has 1 unspecified atom stereocenters. The molecule has 0 heterocycles. The largest absolute Gasteiger partial charge is 0.478 e. The fraction of sp³-hybridized carbons (Fsp3) is 0.571. The number of rotatable bonds is 6. The summed E-state index contributed by atoms with van der Waals surface area (Å²) in [5, 5.41) is 25.4. The number of aliphatic hydroxyl groups is 2. The number of carboxylic acids is 1. The van der Waals surface area contributed by atoms with Gasteiger partial charge in [0, 0.05) is 6.08 Å². The summed E-state index contributed by atoms with van der Waals surface area (Å²) in [4.78, 5) is 9.95. The Morgan fingerprint density at radius 2 is 2.25 bits per heavy atom. The van der Waals surface area contributed by atoms with Gasteiger partial charge in [0.25, 0.3) is 0 Å². The molecule has 0 amide bonds. The van der Waals surface area contributed by atoms with Crippen LogP contribution in [-0.2, 0) is 9.53 Å². The van der Waals surface area contributed by atoms with E-state index in [9.17, 15) is 4.79 Å². The second kappa shape index (κ2) is 6.78. The molecule has 0 rings (SSSR count). The fourth-order valence-electron chi connectivity index (χ4n) is 0.518. The highest BCUT2D eigenvalue weighted by Crippen LogP contribution is 1.87. The Balaban J connectivity index is 3.45. The molecule has 0 fully saturated rings. The van der Waals surface area contributed by atoms with Crippen molar-refractivity contribution in [3.8, 4) is 0 Å². The molecule has 12 heavy (non-hydrogen) atoms. The topological polar surface area (TPSA) is 87.0 Å². The first kappa shape index (κ1) is 11.1. The monoisotopic (exact) mass is 176 g/mol. The van der Waals surface area contributed by atoms with Gasteiger partial charge in [0.2, 0.25) is 0 Å². The minimum Gasteiger partial charge on any atom is -0.478 e. The number of hydrogen-bond donors (Lipinski definition) is 3. The minimum absolute atomic E-state index is 0.00958. The van der Waals surface area contributed by atoms with E-state index < -0.39 is 12.1 Å². The first-order chi connectivity index (χ1) is 5.66. The van der Waals surface area contributed by atoms with Crippen molar-refractivity contribution in [2.24, 2.45) is 0 Å². The Hall–Kier alpha value is -0.910. The van der Waals surface area contributed by atoms with Crippen molar-refractivity contribution in [3.63, 3.8) is 0 Å². The Morgan fingerprint density at radius 3 is 2.75 bits per heavy atom. The molecule has 0 spiro atoms. The molecule has 0 aliphatic carbocycles. The number of ether oxygens (including phenoxy) is 1. The molecule has 0 aliphatic heterocycles. The molecule has 0 saturated carbocycles.